The summed E-state index contributed by atoms with van der Waals surface area (Å²) in [7, 11) is 0. The number of nitrogens with zero attached hydrogens (tertiary/aromatic N) is 1. The molecule has 0 saturated carbocycles. The number of hydrogen-bond donors (Lipinski definition) is 1. The molecule has 2 aromatic rings. The van der Waals surface area contributed by atoms with Crippen LogP contribution in [0.25, 0.3) is 10.6 Å². The van der Waals surface area contributed by atoms with Crippen molar-refractivity contribution in [3.05, 3.63) is 47.7 Å². The number of ether oxygens (including phenoxy) is 1. The maximum atomic E-state index is 12.3. The van der Waals surface area contributed by atoms with Crippen LogP contribution in [-0.4, -0.2) is 18.1 Å². The maximum absolute atomic E-state index is 12.3. The average molecular weight is 301 g/mol. The second kappa shape index (κ2) is 7.89. The highest BCUT2D eigenvalue weighted by Crippen LogP contribution is 2.24. The Hall–Kier alpha value is -1.43. The van der Waals surface area contributed by atoms with Gasteiger partial charge in [0.2, 0.25) is 0 Å². The van der Waals surface area contributed by atoms with Crippen LogP contribution in [0.15, 0.2) is 47.7 Å². The zero-order valence-corrected chi connectivity index (χ0v) is 11.7. The summed E-state index contributed by atoms with van der Waals surface area (Å²) >= 11 is 1.58. The number of aromatic nitrogens is 1. The van der Waals surface area contributed by atoms with E-state index in [-0.39, 0.29) is 25.6 Å². The molecule has 3 nitrogen and oxygen atoms in total. The van der Waals surface area contributed by atoms with Crippen molar-refractivity contribution in [3.8, 4) is 16.3 Å². The third kappa shape index (κ3) is 4.31. The van der Waals surface area contributed by atoms with Crippen molar-refractivity contribution in [2.24, 2.45) is 5.73 Å². The van der Waals surface area contributed by atoms with Gasteiger partial charge in [-0.1, -0.05) is 0 Å². The third-order valence-corrected chi connectivity index (χ3v) is 3.20. The molecule has 0 aliphatic carbocycles. The van der Waals surface area contributed by atoms with Crippen molar-refractivity contribution >= 4 is 23.7 Å². The lowest BCUT2D eigenvalue weighted by Gasteiger charge is -2.07. The van der Waals surface area contributed by atoms with E-state index in [1.807, 2.05) is 29.6 Å². The topological polar surface area (TPSA) is 48.1 Å². The highest BCUT2D eigenvalue weighted by Gasteiger charge is 2.01. The van der Waals surface area contributed by atoms with Gasteiger partial charge in [0.15, 0.2) is 0 Å². The van der Waals surface area contributed by atoms with Crippen LogP contribution < -0.4 is 10.5 Å². The Morgan fingerprint density at radius 1 is 1.37 bits per heavy atom. The highest BCUT2D eigenvalue weighted by atomic mass is 35.5. The molecular formula is C13H14ClFN2OS. The van der Waals surface area contributed by atoms with Gasteiger partial charge in [-0.3, -0.25) is 0 Å². The first-order valence-electron chi connectivity index (χ1n) is 5.44. The van der Waals surface area contributed by atoms with Crippen LogP contribution in [0.4, 0.5) is 4.39 Å². The molecule has 2 rings (SSSR count). The summed E-state index contributed by atoms with van der Waals surface area (Å²) in [4.78, 5) is 4.22. The Balaban J connectivity index is 0.00000180. The van der Waals surface area contributed by atoms with Gasteiger partial charge in [0, 0.05) is 29.3 Å². The number of hydrogen-bond acceptors (Lipinski definition) is 4. The van der Waals surface area contributed by atoms with Gasteiger partial charge in [-0.05, 0) is 24.3 Å². The van der Waals surface area contributed by atoms with E-state index >= 15 is 0 Å². The van der Waals surface area contributed by atoms with Crippen LogP contribution in [0.1, 0.15) is 0 Å². The van der Waals surface area contributed by atoms with E-state index in [4.69, 9.17) is 10.5 Å². The minimum absolute atomic E-state index is 0. The van der Waals surface area contributed by atoms with E-state index in [2.05, 4.69) is 4.98 Å². The number of nitrogens with two attached hydrogens (primary N) is 1. The van der Waals surface area contributed by atoms with Gasteiger partial charge in [0.25, 0.3) is 0 Å². The number of rotatable bonds is 5. The lowest BCUT2D eigenvalue weighted by molar-refractivity contribution is 0.347. The lowest BCUT2D eigenvalue weighted by atomic mass is 10.2. The Labute approximate surface area is 121 Å². The fourth-order valence-electron chi connectivity index (χ4n) is 1.37. The van der Waals surface area contributed by atoms with E-state index in [1.165, 1.54) is 0 Å². The SMILES string of the molecule is Cl.NC/C(=C/F)COc1ccc(-c2nccs2)cc1. The van der Waals surface area contributed by atoms with Crippen LogP contribution >= 0.6 is 23.7 Å². The number of thiazole rings is 1. The molecule has 0 fully saturated rings. The van der Waals surface area contributed by atoms with Gasteiger partial charge < -0.3 is 10.5 Å². The van der Waals surface area contributed by atoms with Gasteiger partial charge in [-0.15, -0.1) is 23.7 Å². The standard InChI is InChI=1S/C13H13FN2OS.ClH/c14-7-10(8-15)9-17-12-3-1-11(2-4-12)13-16-5-6-18-13;/h1-7H,8-9,15H2;1H/b10-7-;. The lowest BCUT2D eigenvalue weighted by Crippen LogP contribution is -2.10. The minimum atomic E-state index is 0. The van der Waals surface area contributed by atoms with E-state index in [9.17, 15) is 4.39 Å². The van der Waals surface area contributed by atoms with Crippen molar-refractivity contribution in [2.75, 3.05) is 13.2 Å². The minimum Gasteiger partial charge on any atom is -0.489 e. The first-order valence-corrected chi connectivity index (χ1v) is 6.32. The van der Waals surface area contributed by atoms with Crippen LogP contribution in [0.5, 0.6) is 5.75 Å². The predicted octanol–water partition coefficient (Wildman–Crippen LogP) is 3.42. The normalized spacial score (nSPS) is 10.9. The van der Waals surface area contributed by atoms with E-state index in [0.717, 1.165) is 10.6 Å². The fourth-order valence-corrected chi connectivity index (χ4v) is 2.02. The molecule has 1 heterocycles. The van der Waals surface area contributed by atoms with Gasteiger partial charge >= 0.3 is 0 Å². The molecule has 0 saturated heterocycles. The molecule has 0 spiro atoms. The molecule has 1 aromatic carbocycles. The Morgan fingerprint density at radius 3 is 2.63 bits per heavy atom. The summed E-state index contributed by atoms with van der Waals surface area (Å²) < 4.78 is 17.7. The molecular weight excluding hydrogens is 287 g/mol. The number of benzene rings is 1. The molecule has 1 aromatic heterocycles. The fraction of sp³-hybridized carbons (Fsp3) is 0.154. The molecule has 6 heteroatoms. The van der Waals surface area contributed by atoms with Crippen LogP contribution in [0.2, 0.25) is 0 Å². The number of halogens is 2. The Kier molecular flexibility index (Phi) is 6.49. The van der Waals surface area contributed by atoms with Crippen LogP contribution in [0, 0.1) is 0 Å². The van der Waals surface area contributed by atoms with Gasteiger partial charge in [0.1, 0.15) is 17.4 Å². The molecule has 102 valence electrons. The summed E-state index contributed by atoms with van der Waals surface area (Å²) in [6.45, 7) is 0.331. The van der Waals surface area contributed by atoms with Crippen LogP contribution in [0.3, 0.4) is 0 Å². The maximum Gasteiger partial charge on any atom is 0.123 e. The smallest absolute Gasteiger partial charge is 0.123 e. The van der Waals surface area contributed by atoms with Crippen molar-refractivity contribution in [1.82, 2.24) is 4.98 Å². The van der Waals surface area contributed by atoms with Gasteiger partial charge in [-0.2, -0.15) is 0 Å². The summed E-state index contributed by atoms with van der Waals surface area (Å²) in [6, 6.07) is 7.52. The molecule has 19 heavy (non-hydrogen) atoms. The molecule has 0 amide bonds. The summed E-state index contributed by atoms with van der Waals surface area (Å²) in [6.07, 6.45) is 2.26. The second-order valence-electron chi connectivity index (χ2n) is 3.62. The molecule has 2 N–H and O–H groups in total. The monoisotopic (exact) mass is 300 g/mol. The summed E-state index contributed by atoms with van der Waals surface area (Å²) in [5.41, 5.74) is 6.81. The second-order valence-corrected chi connectivity index (χ2v) is 4.52. The largest absolute Gasteiger partial charge is 0.489 e. The zero-order chi connectivity index (χ0) is 12.8. The first kappa shape index (κ1) is 15.6. The molecule has 0 radical (unpaired) electrons. The molecule has 0 aliphatic heterocycles. The predicted molar refractivity (Wildman–Crippen MR) is 78.5 cm³/mol. The van der Waals surface area contributed by atoms with Crippen molar-refractivity contribution in [1.29, 1.82) is 0 Å². The van der Waals surface area contributed by atoms with E-state index in [1.54, 1.807) is 17.5 Å². The average Bonchev–Trinajstić information content (AvgIpc) is 2.94. The zero-order valence-electron chi connectivity index (χ0n) is 10.1. The third-order valence-electron chi connectivity index (χ3n) is 2.37. The molecule has 0 unspecified atom stereocenters. The quantitative estimate of drug-likeness (QED) is 0.920. The molecule has 0 bridgehead atoms. The highest BCUT2D eigenvalue weighted by molar-refractivity contribution is 7.13. The Bertz CT molecular complexity index is 514. The Morgan fingerprint density at radius 2 is 2.11 bits per heavy atom. The molecule has 0 atom stereocenters. The van der Waals surface area contributed by atoms with Crippen molar-refractivity contribution < 1.29 is 9.13 Å². The van der Waals surface area contributed by atoms with Crippen LogP contribution in [-0.2, 0) is 0 Å². The van der Waals surface area contributed by atoms with Crippen molar-refractivity contribution in [2.45, 2.75) is 0 Å². The first-order chi connectivity index (χ1) is 8.83. The summed E-state index contributed by atoms with van der Waals surface area (Å²) in [5.74, 6) is 0.683. The summed E-state index contributed by atoms with van der Waals surface area (Å²) in [5, 5.41) is 2.90. The van der Waals surface area contributed by atoms with Gasteiger partial charge in [-0.25, -0.2) is 9.37 Å². The van der Waals surface area contributed by atoms with E-state index in [0.29, 0.717) is 17.7 Å². The van der Waals surface area contributed by atoms with Crippen molar-refractivity contribution in [3.63, 3.8) is 0 Å². The van der Waals surface area contributed by atoms with Gasteiger partial charge in [0.05, 0.1) is 6.33 Å². The van der Waals surface area contributed by atoms with E-state index < -0.39 is 0 Å². The molecule has 0 aliphatic rings.